The number of rotatable bonds is 4. The topological polar surface area (TPSA) is 109 Å². The number of anilines is 2. The summed E-state index contributed by atoms with van der Waals surface area (Å²) in [4.78, 5) is 54.0. The van der Waals surface area contributed by atoms with Crippen LogP contribution >= 0.6 is 34.7 Å². The fraction of sp³-hybridized carbons (Fsp3) is 0.250. The van der Waals surface area contributed by atoms with Gasteiger partial charge in [0, 0.05) is 21.0 Å². The maximum Gasteiger partial charge on any atom is 0.308 e. The molecule has 3 heterocycles. The number of hydrogen-bond donors (Lipinski definition) is 2. The summed E-state index contributed by atoms with van der Waals surface area (Å²) in [6.45, 7) is 3.47. The Balaban J connectivity index is 1.46. The van der Waals surface area contributed by atoms with E-state index in [2.05, 4.69) is 5.32 Å². The van der Waals surface area contributed by atoms with Gasteiger partial charge in [-0.3, -0.25) is 23.7 Å². The third-order valence-electron chi connectivity index (χ3n) is 6.24. The zero-order valence-corrected chi connectivity index (χ0v) is 21.0. The minimum Gasteiger partial charge on any atom is -0.508 e. The van der Waals surface area contributed by atoms with Gasteiger partial charge in [0.25, 0.3) is 0 Å². The molecule has 3 aromatic rings. The lowest BCUT2D eigenvalue weighted by molar-refractivity contribution is -0.123. The summed E-state index contributed by atoms with van der Waals surface area (Å²) in [5.74, 6) is -1.67. The van der Waals surface area contributed by atoms with Crippen LogP contribution < -0.4 is 15.1 Å². The highest BCUT2D eigenvalue weighted by Crippen LogP contribution is 2.54. The van der Waals surface area contributed by atoms with Gasteiger partial charge in [-0.05, 0) is 48.5 Å². The first-order valence-corrected chi connectivity index (χ1v) is 12.8. The number of benzene rings is 2. The van der Waals surface area contributed by atoms with Crippen molar-refractivity contribution in [2.75, 3.05) is 10.2 Å². The summed E-state index contributed by atoms with van der Waals surface area (Å²) < 4.78 is 1.36. The summed E-state index contributed by atoms with van der Waals surface area (Å²) in [5.41, 5.74) is 0.138. The molecule has 0 bridgehead atoms. The van der Waals surface area contributed by atoms with Crippen LogP contribution in [-0.4, -0.2) is 32.6 Å². The Morgan fingerprint density at radius 1 is 1.06 bits per heavy atom. The number of thioether (sulfide) groups is 1. The number of imide groups is 1. The number of thiazole rings is 1. The van der Waals surface area contributed by atoms with E-state index in [9.17, 15) is 24.3 Å². The van der Waals surface area contributed by atoms with Crippen LogP contribution in [0.2, 0.25) is 5.02 Å². The van der Waals surface area contributed by atoms with Gasteiger partial charge in [0.05, 0.1) is 16.6 Å². The number of aromatic hydroxyl groups is 1. The fourth-order valence-electron chi connectivity index (χ4n) is 4.50. The Kier molecular flexibility index (Phi) is 5.77. The van der Waals surface area contributed by atoms with Crippen LogP contribution in [0.1, 0.15) is 18.7 Å². The zero-order chi connectivity index (χ0) is 25.1. The SMILES string of the molecule is CC1(C)c2sc(=O)n(CC(=O)Nc3ccc(O)cc3)c2S[C@@H]2C(=O)N(c3ccc(Cl)cc3)C(=O)[C@@H]21. The molecule has 2 atom stereocenters. The van der Waals surface area contributed by atoms with Gasteiger partial charge < -0.3 is 10.4 Å². The normalized spacial score (nSPS) is 20.5. The second-order valence-electron chi connectivity index (χ2n) is 8.91. The molecule has 0 spiro atoms. The second kappa shape index (κ2) is 8.54. The Bertz CT molecular complexity index is 1410. The number of phenolic OH excluding ortho intramolecular Hbond substituents is 1. The number of carbonyl (C=O) groups excluding carboxylic acids is 3. The van der Waals surface area contributed by atoms with Crippen LogP contribution in [-0.2, 0) is 26.3 Å². The van der Waals surface area contributed by atoms with E-state index in [1.165, 1.54) is 21.6 Å². The van der Waals surface area contributed by atoms with Gasteiger partial charge in [0.2, 0.25) is 17.7 Å². The maximum atomic E-state index is 13.5. The number of fused-ring (bicyclic) bond motifs is 2. The average Bonchev–Trinajstić information content (AvgIpc) is 3.25. The molecule has 0 radical (unpaired) electrons. The summed E-state index contributed by atoms with van der Waals surface area (Å²) in [6, 6.07) is 12.5. The standard InChI is InChI=1S/C24H20ClN3O5S2/c1-24(2)17-18(21(32)28(20(17)31)14-7-3-12(25)4-8-14)34-22-19(24)35-23(33)27(22)11-16(30)26-13-5-9-15(29)10-6-13/h3-10,17-18,29H,11H2,1-2H3,(H,26,30)/t17-,18+/m1/s1. The van der Waals surface area contributed by atoms with Crippen molar-refractivity contribution in [1.29, 1.82) is 0 Å². The number of hydrogen-bond acceptors (Lipinski definition) is 7. The van der Waals surface area contributed by atoms with E-state index in [0.717, 1.165) is 23.1 Å². The van der Waals surface area contributed by atoms with Crippen molar-refractivity contribution in [1.82, 2.24) is 4.57 Å². The molecular formula is C24H20ClN3O5S2. The predicted molar refractivity (Wildman–Crippen MR) is 135 cm³/mol. The molecule has 0 saturated carbocycles. The van der Waals surface area contributed by atoms with Gasteiger partial charge in [-0.15, -0.1) is 0 Å². The van der Waals surface area contributed by atoms with E-state index in [4.69, 9.17) is 11.6 Å². The van der Waals surface area contributed by atoms with Gasteiger partial charge >= 0.3 is 4.87 Å². The molecule has 2 N–H and O–H groups in total. The number of carbonyl (C=O) groups is 3. The third kappa shape index (κ3) is 3.95. The number of phenols is 1. The van der Waals surface area contributed by atoms with E-state index in [-0.39, 0.29) is 29.0 Å². The van der Waals surface area contributed by atoms with Crippen molar-refractivity contribution in [2.24, 2.45) is 5.92 Å². The largest absolute Gasteiger partial charge is 0.508 e. The van der Waals surface area contributed by atoms with Crippen molar-refractivity contribution >= 4 is 63.8 Å². The molecule has 2 aromatic carbocycles. The molecule has 8 nitrogen and oxygen atoms in total. The summed E-state index contributed by atoms with van der Waals surface area (Å²) >= 11 is 8.13. The van der Waals surface area contributed by atoms with Crippen molar-refractivity contribution in [3.63, 3.8) is 0 Å². The van der Waals surface area contributed by atoms with Crippen LogP contribution in [0, 0.1) is 5.92 Å². The highest BCUT2D eigenvalue weighted by Gasteiger charge is 2.59. The van der Waals surface area contributed by atoms with E-state index in [1.807, 2.05) is 13.8 Å². The van der Waals surface area contributed by atoms with E-state index < -0.39 is 22.5 Å². The first-order chi connectivity index (χ1) is 16.6. The number of amides is 3. The Morgan fingerprint density at radius 3 is 2.37 bits per heavy atom. The highest BCUT2D eigenvalue weighted by atomic mass is 35.5. The summed E-state index contributed by atoms with van der Waals surface area (Å²) in [7, 11) is 0. The molecule has 0 aliphatic carbocycles. The first kappa shape index (κ1) is 23.7. The summed E-state index contributed by atoms with van der Waals surface area (Å²) in [6.07, 6.45) is 0. The van der Waals surface area contributed by atoms with Crippen molar-refractivity contribution in [2.45, 2.75) is 36.1 Å². The van der Waals surface area contributed by atoms with Crippen LogP contribution in [0.4, 0.5) is 11.4 Å². The minimum absolute atomic E-state index is 0.0720. The molecule has 35 heavy (non-hydrogen) atoms. The molecule has 3 amide bonds. The van der Waals surface area contributed by atoms with Crippen LogP contribution in [0.15, 0.2) is 58.4 Å². The quantitative estimate of drug-likeness (QED) is 0.392. The van der Waals surface area contributed by atoms with Crippen molar-refractivity contribution in [3.8, 4) is 5.75 Å². The van der Waals surface area contributed by atoms with E-state index >= 15 is 0 Å². The molecule has 1 fully saturated rings. The molecule has 2 aliphatic rings. The molecule has 11 heteroatoms. The minimum atomic E-state index is -0.790. The van der Waals surface area contributed by atoms with Crippen LogP contribution in [0.3, 0.4) is 0 Å². The molecule has 5 rings (SSSR count). The smallest absolute Gasteiger partial charge is 0.308 e. The van der Waals surface area contributed by atoms with Gasteiger partial charge in [-0.2, -0.15) is 0 Å². The van der Waals surface area contributed by atoms with E-state index in [1.54, 1.807) is 36.4 Å². The number of nitrogens with one attached hydrogen (secondary N) is 1. The Hall–Kier alpha value is -3.08. The molecule has 180 valence electrons. The monoisotopic (exact) mass is 529 g/mol. The Labute approximate surface area is 213 Å². The number of aromatic nitrogens is 1. The van der Waals surface area contributed by atoms with Crippen molar-refractivity contribution < 1.29 is 19.5 Å². The highest BCUT2D eigenvalue weighted by molar-refractivity contribution is 8.00. The van der Waals surface area contributed by atoms with Crippen LogP contribution in [0.25, 0.3) is 0 Å². The second-order valence-corrected chi connectivity index (χ2v) is 11.4. The first-order valence-electron chi connectivity index (χ1n) is 10.7. The molecule has 1 saturated heterocycles. The lowest BCUT2D eigenvalue weighted by Gasteiger charge is -2.36. The lowest BCUT2D eigenvalue weighted by Crippen LogP contribution is -2.41. The van der Waals surface area contributed by atoms with Gasteiger partial charge in [0.15, 0.2) is 0 Å². The molecular weight excluding hydrogens is 510 g/mol. The Morgan fingerprint density at radius 2 is 1.71 bits per heavy atom. The predicted octanol–water partition coefficient (Wildman–Crippen LogP) is 3.85. The van der Waals surface area contributed by atoms with Crippen molar-refractivity contribution in [3.05, 3.63) is 68.1 Å². The third-order valence-corrected chi connectivity index (χ3v) is 9.32. The molecule has 0 unspecified atom stereocenters. The number of nitrogens with zero attached hydrogens (tertiary/aromatic N) is 2. The fourth-order valence-corrected chi connectivity index (χ4v) is 7.67. The maximum absolute atomic E-state index is 13.5. The van der Waals surface area contributed by atoms with E-state index in [0.29, 0.717) is 26.3 Å². The zero-order valence-electron chi connectivity index (χ0n) is 18.6. The van der Waals surface area contributed by atoms with Gasteiger partial charge in [-0.25, -0.2) is 4.90 Å². The molecule has 1 aromatic heterocycles. The van der Waals surface area contributed by atoms with Crippen LogP contribution in [0.5, 0.6) is 5.75 Å². The number of halogens is 1. The summed E-state index contributed by atoms with van der Waals surface area (Å²) in [5, 5.41) is 12.4. The average molecular weight is 530 g/mol. The molecule has 2 aliphatic heterocycles. The van der Waals surface area contributed by atoms with Gasteiger partial charge in [0.1, 0.15) is 17.5 Å². The van der Waals surface area contributed by atoms with Gasteiger partial charge in [-0.1, -0.05) is 48.5 Å². The lowest BCUT2D eigenvalue weighted by atomic mass is 9.76.